The molecule has 0 unspecified atom stereocenters. The molecule has 0 saturated carbocycles. The minimum absolute atomic E-state index is 0.231. The summed E-state index contributed by atoms with van der Waals surface area (Å²) in [7, 11) is 0. The third-order valence-electron chi connectivity index (χ3n) is 2.14. The molecular weight excluding hydrogens is 283 g/mol. The van der Waals surface area contributed by atoms with Gasteiger partial charge < -0.3 is 5.11 Å². The van der Waals surface area contributed by atoms with Gasteiger partial charge >= 0.3 is 0 Å². The summed E-state index contributed by atoms with van der Waals surface area (Å²) in [6, 6.07) is 4.64. The summed E-state index contributed by atoms with van der Waals surface area (Å²) >= 11 is 2.85. The molecule has 0 aliphatic rings. The zero-order chi connectivity index (χ0) is 13.7. The fourth-order valence-electron chi connectivity index (χ4n) is 1.43. The fourth-order valence-corrected chi connectivity index (χ4v) is 3.01. The van der Waals surface area contributed by atoms with Crippen molar-refractivity contribution in [3.8, 4) is 11.8 Å². The maximum absolute atomic E-state index is 13.4. The van der Waals surface area contributed by atoms with Crippen LogP contribution < -0.4 is 0 Å². The number of aliphatic hydroxyl groups is 1. The lowest BCUT2D eigenvalue weighted by Crippen LogP contribution is -1.87. The number of halogens is 1. The fraction of sp³-hybridized carbons (Fsp3) is 0.231. The van der Waals surface area contributed by atoms with Crippen LogP contribution in [0.15, 0.2) is 22.5 Å². The first-order valence-electron chi connectivity index (χ1n) is 5.49. The quantitative estimate of drug-likeness (QED) is 0.698. The van der Waals surface area contributed by atoms with Gasteiger partial charge in [-0.15, -0.1) is 0 Å². The maximum atomic E-state index is 13.4. The molecule has 0 spiro atoms. The summed E-state index contributed by atoms with van der Waals surface area (Å²) in [6.07, 6.45) is 0. The van der Waals surface area contributed by atoms with E-state index in [0.717, 1.165) is 15.7 Å². The highest BCUT2D eigenvalue weighted by atomic mass is 32.2. The van der Waals surface area contributed by atoms with E-state index in [1.807, 2.05) is 13.0 Å². The summed E-state index contributed by atoms with van der Waals surface area (Å²) in [5.74, 6) is 6.25. The minimum Gasteiger partial charge on any atom is -0.384 e. The normalized spacial score (nSPS) is 10.1. The molecule has 2 aromatic rings. The molecule has 98 valence electrons. The van der Waals surface area contributed by atoms with Crippen molar-refractivity contribution in [2.45, 2.75) is 17.0 Å². The molecule has 1 heterocycles. The standard InChI is InChI=1S/C13H11FN2OS2/c1-9-15-13(19-16-9)18-8-11-5-10(3-2-4-17)6-12(14)7-11/h5-7,17H,4,8H2,1H3. The summed E-state index contributed by atoms with van der Waals surface area (Å²) in [4.78, 5) is 4.24. The molecule has 1 aromatic heterocycles. The lowest BCUT2D eigenvalue weighted by atomic mass is 10.1. The zero-order valence-corrected chi connectivity index (χ0v) is 11.8. The van der Waals surface area contributed by atoms with Crippen LogP contribution in [0, 0.1) is 24.6 Å². The molecular formula is C13H11FN2OS2. The summed E-state index contributed by atoms with van der Waals surface area (Å²) < 4.78 is 18.4. The predicted molar refractivity (Wildman–Crippen MR) is 74.6 cm³/mol. The number of benzene rings is 1. The highest BCUT2D eigenvalue weighted by Crippen LogP contribution is 2.25. The Morgan fingerprint density at radius 2 is 2.26 bits per heavy atom. The molecule has 19 heavy (non-hydrogen) atoms. The largest absolute Gasteiger partial charge is 0.384 e. The second-order valence-electron chi connectivity index (χ2n) is 3.70. The lowest BCUT2D eigenvalue weighted by Gasteiger charge is -2.01. The lowest BCUT2D eigenvalue weighted by molar-refractivity contribution is 0.350. The van der Waals surface area contributed by atoms with Crippen molar-refractivity contribution in [1.82, 2.24) is 9.36 Å². The van der Waals surface area contributed by atoms with Crippen molar-refractivity contribution >= 4 is 23.3 Å². The van der Waals surface area contributed by atoms with Gasteiger partial charge in [-0.2, -0.15) is 4.37 Å². The molecule has 6 heteroatoms. The van der Waals surface area contributed by atoms with Gasteiger partial charge in [0.2, 0.25) is 0 Å². The molecule has 0 amide bonds. The van der Waals surface area contributed by atoms with Crippen LogP contribution in [0.25, 0.3) is 0 Å². The van der Waals surface area contributed by atoms with Crippen LogP contribution in [0.3, 0.4) is 0 Å². The van der Waals surface area contributed by atoms with Crippen molar-refractivity contribution in [3.63, 3.8) is 0 Å². The first-order valence-corrected chi connectivity index (χ1v) is 7.25. The van der Waals surface area contributed by atoms with Crippen LogP contribution in [-0.2, 0) is 5.75 Å². The Morgan fingerprint density at radius 1 is 1.42 bits per heavy atom. The molecule has 0 aliphatic heterocycles. The SMILES string of the molecule is Cc1nsc(SCc2cc(F)cc(C#CCO)c2)n1. The van der Waals surface area contributed by atoms with E-state index in [1.54, 1.807) is 0 Å². The molecule has 0 fully saturated rings. The van der Waals surface area contributed by atoms with Crippen LogP contribution in [0.5, 0.6) is 0 Å². The monoisotopic (exact) mass is 294 g/mol. The Bertz CT molecular complexity index is 631. The van der Waals surface area contributed by atoms with Gasteiger partial charge in [-0.1, -0.05) is 23.6 Å². The highest BCUT2D eigenvalue weighted by molar-refractivity contribution is 8.00. The second-order valence-corrected chi connectivity index (χ2v) is 5.68. The molecule has 0 atom stereocenters. The van der Waals surface area contributed by atoms with E-state index in [2.05, 4.69) is 21.2 Å². The van der Waals surface area contributed by atoms with E-state index in [9.17, 15) is 4.39 Å². The zero-order valence-electron chi connectivity index (χ0n) is 10.2. The number of rotatable bonds is 3. The van der Waals surface area contributed by atoms with Crippen molar-refractivity contribution in [2.24, 2.45) is 0 Å². The summed E-state index contributed by atoms with van der Waals surface area (Å²) in [6.45, 7) is 1.61. The van der Waals surface area contributed by atoms with E-state index in [0.29, 0.717) is 11.3 Å². The van der Waals surface area contributed by atoms with Crippen molar-refractivity contribution in [1.29, 1.82) is 0 Å². The number of thioether (sulfide) groups is 1. The highest BCUT2D eigenvalue weighted by Gasteiger charge is 2.04. The third-order valence-corrected chi connectivity index (χ3v) is 4.14. The van der Waals surface area contributed by atoms with Crippen LogP contribution in [0.2, 0.25) is 0 Å². The van der Waals surface area contributed by atoms with E-state index >= 15 is 0 Å². The van der Waals surface area contributed by atoms with E-state index in [1.165, 1.54) is 35.4 Å². The van der Waals surface area contributed by atoms with Gasteiger partial charge in [0, 0.05) is 11.3 Å². The molecule has 3 nitrogen and oxygen atoms in total. The third kappa shape index (κ3) is 4.31. The number of aromatic nitrogens is 2. The summed E-state index contributed by atoms with van der Waals surface area (Å²) in [5, 5.41) is 8.64. The van der Waals surface area contributed by atoms with Gasteiger partial charge in [-0.25, -0.2) is 9.37 Å². The van der Waals surface area contributed by atoms with Gasteiger partial charge in [0.05, 0.1) is 0 Å². The molecule has 0 aliphatic carbocycles. The Balaban J connectivity index is 2.09. The van der Waals surface area contributed by atoms with Gasteiger partial charge in [0.15, 0.2) is 4.34 Å². The van der Waals surface area contributed by atoms with E-state index in [-0.39, 0.29) is 12.4 Å². The smallest absolute Gasteiger partial charge is 0.170 e. The van der Waals surface area contributed by atoms with E-state index in [4.69, 9.17) is 5.11 Å². The van der Waals surface area contributed by atoms with Gasteiger partial charge in [0.25, 0.3) is 0 Å². The van der Waals surface area contributed by atoms with Crippen LogP contribution in [0.4, 0.5) is 4.39 Å². The molecule has 1 aromatic carbocycles. The van der Waals surface area contributed by atoms with Crippen LogP contribution in [-0.4, -0.2) is 21.1 Å². The number of aliphatic hydroxyl groups excluding tert-OH is 1. The summed E-state index contributed by atoms with van der Waals surface area (Å²) in [5.41, 5.74) is 1.40. The first-order chi connectivity index (χ1) is 9.17. The minimum atomic E-state index is -0.325. The van der Waals surface area contributed by atoms with E-state index < -0.39 is 0 Å². The van der Waals surface area contributed by atoms with Crippen molar-refractivity contribution in [2.75, 3.05) is 6.61 Å². The molecule has 2 rings (SSSR count). The number of nitrogens with zero attached hydrogens (tertiary/aromatic N) is 2. The predicted octanol–water partition coefficient (Wildman–Crippen LogP) is 2.62. The molecule has 0 bridgehead atoms. The number of aryl methyl sites for hydroxylation is 1. The Hall–Kier alpha value is -1.42. The second kappa shape index (κ2) is 6.66. The Labute approximate surface area is 119 Å². The first kappa shape index (κ1) is 14.0. The average Bonchev–Trinajstić information content (AvgIpc) is 2.79. The van der Waals surface area contributed by atoms with Crippen molar-refractivity contribution in [3.05, 3.63) is 41.0 Å². The molecule has 0 saturated heterocycles. The maximum Gasteiger partial charge on any atom is 0.170 e. The molecule has 1 N–H and O–H groups in total. The topological polar surface area (TPSA) is 46.0 Å². The Kier molecular flexibility index (Phi) is 4.91. The van der Waals surface area contributed by atoms with Gasteiger partial charge in [-0.3, -0.25) is 0 Å². The molecule has 0 radical (unpaired) electrons. The van der Waals surface area contributed by atoms with Crippen LogP contribution >= 0.6 is 23.3 Å². The average molecular weight is 294 g/mol. The van der Waals surface area contributed by atoms with Crippen molar-refractivity contribution < 1.29 is 9.50 Å². The number of hydrogen-bond donors (Lipinski definition) is 1. The Morgan fingerprint density at radius 3 is 2.95 bits per heavy atom. The van der Waals surface area contributed by atoms with Gasteiger partial charge in [-0.05, 0) is 42.2 Å². The van der Waals surface area contributed by atoms with Gasteiger partial charge in [0.1, 0.15) is 18.2 Å². The number of hydrogen-bond acceptors (Lipinski definition) is 5. The van der Waals surface area contributed by atoms with Crippen LogP contribution in [0.1, 0.15) is 17.0 Å².